The van der Waals surface area contributed by atoms with Crippen LogP contribution in [-0.2, 0) is 4.79 Å². The van der Waals surface area contributed by atoms with Crippen LogP contribution >= 0.6 is 12.2 Å². The topological polar surface area (TPSA) is 106 Å². The molecule has 3 rings (SSSR count). The molecule has 30 heavy (non-hydrogen) atoms. The second-order valence-electron chi connectivity index (χ2n) is 6.20. The third-order valence-electron chi connectivity index (χ3n) is 4.03. The van der Waals surface area contributed by atoms with Gasteiger partial charge in [-0.1, -0.05) is 30.3 Å². The molecule has 0 bridgehead atoms. The van der Waals surface area contributed by atoms with Crippen LogP contribution in [0.4, 0.5) is 5.82 Å². The Balaban J connectivity index is 1.63. The highest BCUT2D eigenvalue weighted by molar-refractivity contribution is 7.80. The molecule has 0 aliphatic heterocycles. The van der Waals surface area contributed by atoms with Crippen molar-refractivity contribution in [1.29, 1.82) is 0 Å². The Kier molecular flexibility index (Phi) is 7.12. The largest absolute Gasteiger partial charge is 0.497 e. The molecule has 2 aromatic carbocycles. The maximum atomic E-state index is 11.3. The van der Waals surface area contributed by atoms with E-state index in [4.69, 9.17) is 21.7 Å². The monoisotopic (exact) mass is 424 g/mol. The van der Waals surface area contributed by atoms with Gasteiger partial charge >= 0.3 is 5.97 Å². The van der Waals surface area contributed by atoms with E-state index in [0.717, 1.165) is 5.56 Å². The van der Waals surface area contributed by atoms with Crippen LogP contribution in [0.5, 0.6) is 17.4 Å². The van der Waals surface area contributed by atoms with Crippen molar-refractivity contribution in [3.05, 3.63) is 72.3 Å². The van der Waals surface area contributed by atoms with Gasteiger partial charge < -0.3 is 25.2 Å². The van der Waals surface area contributed by atoms with E-state index < -0.39 is 12.0 Å². The van der Waals surface area contributed by atoms with Crippen molar-refractivity contribution >= 4 is 29.1 Å². The number of thiocarbonyl (C=S) groups is 1. The van der Waals surface area contributed by atoms with Crippen molar-refractivity contribution < 1.29 is 19.4 Å². The smallest absolute Gasteiger partial charge is 0.305 e. The van der Waals surface area contributed by atoms with Gasteiger partial charge in [-0.2, -0.15) is 0 Å². The van der Waals surface area contributed by atoms with Crippen LogP contribution in [0.2, 0.25) is 0 Å². The van der Waals surface area contributed by atoms with Gasteiger partial charge in [0.1, 0.15) is 11.5 Å². The molecule has 1 aromatic heterocycles. The highest BCUT2D eigenvalue weighted by atomic mass is 32.1. The van der Waals surface area contributed by atoms with Gasteiger partial charge in [-0.15, -0.1) is 10.2 Å². The number of carboxylic acid groups (broad SMARTS) is 1. The molecule has 0 saturated carbocycles. The predicted molar refractivity (Wildman–Crippen MR) is 116 cm³/mol. The highest BCUT2D eigenvalue weighted by Gasteiger charge is 2.17. The molecule has 0 saturated heterocycles. The zero-order valence-electron chi connectivity index (χ0n) is 16.1. The van der Waals surface area contributed by atoms with Crippen molar-refractivity contribution in [1.82, 2.24) is 15.5 Å². The summed E-state index contributed by atoms with van der Waals surface area (Å²) < 4.78 is 10.8. The van der Waals surface area contributed by atoms with Gasteiger partial charge in [0.15, 0.2) is 10.9 Å². The Hall–Kier alpha value is -3.72. The summed E-state index contributed by atoms with van der Waals surface area (Å²) in [7, 11) is 1.55. The van der Waals surface area contributed by atoms with Crippen LogP contribution in [0.1, 0.15) is 18.0 Å². The van der Waals surface area contributed by atoms with Crippen LogP contribution in [0.15, 0.2) is 66.7 Å². The van der Waals surface area contributed by atoms with Crippen LogP contribution in [0.25, 0.3) is 0 Å². The lowest BCUT2D eigenvalue weighted by atomic mass is 10.0. The van der Waals surface area contributed by atoms with Crippen LogP contribution in [0, 0.1) is 0 Å². The lowest BCUT2D eigenvalue weighted by Crippen LogP contribution is -2.33. The van der Waals surface area contributed by atoms with Gasteiger partial charge in [0.05, 0.1) is 19.6 Å². The minimum Gasteiger partial charge on any atom is -0.497 e. The van der Waals surface area contributed by atoms with Crippen LogP contribution in [-0.4, -0.2) is 33.5 Å². The molecule has 0 amide bonds. The standard InChI is InChI=1S/C21H20N4O4S/c1-28-16-9-5-6-14(12-16)17(13-20(26)27)22-21(30)23-18-10-11-19(25-24-18)29-15-7-3-2-4-8-15/h2-12,17H,13H2,1H3,(H,26,27)(H2,22,23,24,30)/t17-/m1/s1. The Morgan fingerprint density at radius 1 is 1.07 bits per heavy atom. The van der Waals surface area contributed by atoms with Crippen molar-refractivity contribution in [3.8, 4) is 17.4 Å². The lowest BCUT2D eigenvalue weighted by molar-refractivity contribution is -0.137. The molecule has 8 nitrogen and oxygen atoms in total. The number of carbonyl (C=O) groups is 1. The minimum absolute atomic E-state index is 0.162. The fourth-order valence-corrected chi connectivity index (χ4v) is 2.89. The molecule has 9 heteroatoms. The Morgan fingerprint density at radius 2 is 1.83 bits per heavy atom. The second-order valence-corrected chi connectivity index (χ2v) is 6.61. The number of para-hydroxylation sites is 1. The number of nitrogens with zero attached hydrogens (tertiary/aromatic N) is 2. The molecule has 0 radical (unpaired) electrons. The van der Waals surface area contributed by atoms with Crippen molar-refractivity contribution in [2.24, 2.45) is 0 Å². The fraction of sp³-hybridized carbons (Fsp3) is 0.143. The number of hydrogen-bond donors (Lipinski definition) is 3. The molecular formula is C21H20N4O4S. The van der Waals surface area contributed by atoms with Crippen molar-refractivity contribution in [2.75, 3.05) is 12.4 Å². The molecule has 0 aliphatic rings. The number of ether oxygens (including phenoxy) is 2. The summed E-state index contributed by atoms with van der Waals surface area (Å²) >= 11 is 5.32. The molecule has 0 unspecified atom stereocenters. The number of anilines is 1. The Morgan fingerprint density at radius 3 is 2.50 bits per heavy atom. The van der Waals surface area contributed by atoms with E-state index >= 15 is 0 Å². The Labute approximate surface area is 178 Å². The highest BCUT2D eigenvalue weighted by Crippen LogP contribution is 2.22. The average molecular weight is 424 g/mol. The van der Waals surface area contributed by atoms with Gasteiger partial charge in [-0.05, 0) is 48.1 Å². The second kappa shape index (κ2) is 10.2. The number of hydrogen-bond acceptors (Lipinski definition) is 6. The minimum atomic E-state index is -0.958. The SMILES string of the molecule is COc1cccc([C@@H](CC(=O)O)NC(=S)Nc2ccc(Oc3ccccc3)nn2)c1. The van der Waals surface area contributed by atoms with Gasteiger partial charge in [0.25, 0.3) is 0 Å². The third kappa shape index (κ3) is 6.14. The molecule has 0 fully saturated rings. The summed E-state index contributed by atoms with van der Waals surface area (Å²) in [6.45, 7) is 0. The zero-order chi connectivity index (χ0) is 21.3. The fourth-order valence-electron chi connectivity index (χ4n) is 2.65. The van der Waals surface area contributed by atoms with Crippen LogP contribution in [0.3, 0.4) is 0 Å². The van der Waals surface area contributed by atoms with Gasteiger partial charge in [-0.3, -0.25) is 4.79 Å². The summed E-state index contributed by atoms with van der Waals surface area (Å²) in [6, 6.07) is 19.2. The van der Waals surface area contributed by atoms with E-state index in [0.29, 0.717) is 23.2 Å². The average Bonchev–Trinajstić information content (AvgIpc) is 2.75. The molecule has 0 aliphatic carbocycles. The van der Waals surface area contributed by atoms with Crippen molar-refractivity contribution in [3.63, 3.8) is 0 Å². The van der Waals surface area contributed by atoms with E-state index in [-0.39, 0.29) is 11.5 Å². The molecule has 154 valence electrons. The number of benzene rings is 2. The number of nitrogens with one attached hydrogen (secondary N) is 2. The maximum absolute atomic E-state index is 11.3. The Bertz CT molecular complexity index is 999. The van der Waals surface area contributed by atoms with Gasteiger partial charge in [0.2, 0.25) is 5.88 Å². The lowest BCUT2D eigenvalue weighted by Gasteiger charge is -2.20. The first-order chi connectivity index (χ1) is 14.5. The van der Waals surface area contributed by atoms with E-state index in [2.05, 4.69) is 20.8 Å². The molecule has 1 atom stereocenters. The van der Waals surface area contributed by atoms with Crippen molar-refractivity contribution in [2.45, 2.75) is 12.5 Å². The first-order valence-corrected chi connectivity index (χ1v) is 9.44. The first kappa shape index (κ1) is 21.0. The summed E-state index contributed by atoms with van der Waals surface area (Å²) in [6.07, 6.45) is -0.162. The predicted octanol–water partition coefficient (Wildman–Crippen LogP) is 3.78. The van der Waals surface area contributed by atoms with Crippen LogP contribution < -0.4 is 20.1 Å². The summed E-state index contributed by atoms with van der Waals surface area (Å²) in [5, 5.41) is 23.4. The summed E-state index contributed by atoms with van der Waals surface area (Å²) in [5.41, 5.74) is 0.735. The molecule has 3 N–H and O–H groups in total. The number of carboxylic acids is 1. The molecular weight excluding hydrogens is 404 g/mol. The molecule has 3 aromatic rings. The summed E-state index contributed by atoms with van der Waals surface area (Å²) in [5.74, 6) is 1.06. The normalized spacial score (nSPS) is 11.2. The van der Waals surface area contributed by atoms with Gasteiger partial charge in [0, 0.05) is 6.07 Å². The number of aliphatic carboxylic acids is 1. The number of rotatable bonds is 8. The maximum Gasteiger partial charge on any atom is 0.305 e. The van der Waals surface area contributed by atoms with E-state index in [1.165, 1.54) is 0 Å². The zero-order valence-corrected chi connectivity index (χ0v) is 16.9. The van der Waals surface area contributed by atoms with Gasteiger partial charge in [-0.25, -0.2) is 0 Å². The molecule has 1 heterocycles. The van der Waals surface area contributed by atoms with E-state index in [1.54, 1.807) is 43.5 Å². The molecule has 0 spiro atoms. The number of aromatic nitrogens is 2. The van der Waals surface area contributed by atoms with E-state index in [1.807, 2.05) is 30.3 Å². The van der Waals surface area contributed by atoms with E-state index in [9.17, 15) is 9.90 Å². The third-order valence-corrected chi connectivity index (χ3v) is 4.25. The first-order valence-electron chi connectivity index (χ1n) is 9.03. The summed E-state index contributed by atoms with van der Waals surface area (Å²) in [4.78, 5) is 11.3. The number of methoxy groups -OCH3 is 1. The quantitative estimate of drug-likeness (QED) is 0.466.